The summed E-state index contributed by atoms with van der Waals surface area (Å²) < 4.78 is 1.72. The zero-order valence-electron chi connectivity index (χ0n) is 15.4. The standard InChI is InChI=1S/C21H13ClN6OS/c22-19-15(6-2-10-23-19)21(29)24-14-5-1-4-13(12-14)16-8-9-18-25-26-20(28(18)27-16)17-7-3-11-30-17/h1-12H,(H,24,29). The Bertz CT molecular complexity index is 1370. The van der Waals surface area contributed by atoms with Crippen LogP contribution in [0, 0.1) is 0 Å². The molecule has 0 atom stereocenters. The molecule has 4 heterocycles. The van der Waals surface area contributed by atoms with Crippen molar-refractivity contribution in [3.8, 4) is 22.0 Å². The predicted molar refractivity (Wildman–Crippen MR) is 117 cm³/mol. The summed E-state index contributed by atoms with van der Waals surface area (Å²) in [6.45, 7) is 0. The second kappa shape index (κ2) is 7.66. The number of carbonyl (C=O) groups excluding carboxylic acids is 1. The first-order chi connectivity index (χ1) is 14.7. The van der Waals surface area contributed by atoms with E-state index in [1.54, 1.807) is 34.1 Å². The lowest BCUT2D eigenvalue weighted by molar-refractivity contribution is 0.102. The van der Waals surface area contributed by atoms with E-state index in [9.17, 15) is 4.79 Å². The molecule has 0 aliphatic carbocycles. The third-order valence-corrected chi connectivity index (χ3v) is 5.59. The van der Waals surface area contributed by atoms with E-state index in [2.05, 4.69) is 20.5 Å². The number of aromatic nitrogens is 5. The summed E-state index contributed by atoms with van der Waals surface area (Å²) in [7, 11) is 0. The Balaban J connectivity index is 1.48. The second-order valence-corrected chi connectivity index (χ2v) is 7.67. The van der Waals surface area contributed by atoms with Crippen LogP contribution >= 0.6 is 22.9 Å². The minimum absolute atomic E-state index is 0.159. The second-order valence-electron chi connectivity index (χ2n) is 6.37. The van der Waals surface area contributed by atoms with E-state index in [0.29, 0.717) is 22.7 Å². The summed E-state index contributed by atoms with van der Waals surface area (Å²) >= 11 is 7.60. The quantitative estimate of drug-likeness (QED) is 0.411. The maximum Gasteiger partial charge on any atom is 0.258 e. The normalized spacial score (nSPS) is 11.0. The fourth-order valence-corrected chi connectivity index (χ4v) is 3.91. The monoisotopic (exact) mass is 432 g/mol. The minimum atomic E-state index is -0.326. The highest BCUT2D eigenvalue weighted by Gasteiger charge is 2.13. The van der Waals surface area contributed by atoms with Crippen LogP contribution in [0.15, 0.2) is 72.2 Å². The van der Waals surface area contributed by atoms with E-state index >= 15 is 0 Å². The molecule has 146 valence electrons. The van der Waals surface area contributed by atoms with Crippen molar-refractivity contribution in [3.63, 3.8) is 0 Å². The van der Waals surface area contributed by atoms with Gasteiger partial charge in [-0.25, -0.2) is 4.98 Å². The molecule has 30 heavy (non-hydrogen) atoms. The first-order valence-corrected chi connectivity index (χ1v) is 10.2. The van der Waals surface area contributed by atoms with Crippen LogP contribution in [0.3, 0.4) is 0 Å². The summed E-state index contributed by atoms with van der Waals surface area (Å²) in [4.78, 5) is 17.5. The van der Waals surface area contributed by atoms with E-state index in [1.807, 2.05) is 47.8 Å². The van der Waals surface area contributed by atoms with Crippen molar-refractivity contribution in [2.45, 2.75) is 0 Å². The van der Waals surface area contributed by atoms with Gasteiger partial charge in [-0.3, -0.25) is 4.79 Å². The first kappa shape index (κ1) is 18.4. The summed E-state index contributed by atoms with van der Waals surface area (Å²) in [5.41, 5.74) is 3.18. The minimum Gasteiger partial charge on any atom is -0.322 e. The van der Waals surface area contributed by atoms with Gasteiger partial charge < -0.3 is 5.32 Å². The van der Waals surface area contributed by atoms with E-state index in [1.165, 1.54) is 6.20 Å². The number of hydrogen-bond acceptors (Lipinski definition) is 6. The zero-order valence-corrected chi connectivity index (χ0v) is 16.9. The van der Waals surface area contributed by atoms with E-state index in [-0.39, 0.29) is 11.1 Å². The van der Waals surface area contributed by atoms with Crippen molar-refractivity contribution in [2.75, 3.05) is 5.32 Å². The van der Waals surface area contributed by atoms with Crippen LogP contribution in [0.1, 0.15) is 10.4 Å². The molecule has 7 nitrogen and oxygen atoms in total. The molecule has 0 aliphatic rings. The zero-order chi connectivity index (χ0) is 20.5. The highest BCUT2D eigenvalue weighted by molar-refractivity contribution is 7.13. The SMILES string of the molecule is O=C(Nc1cccc(-c2ccc3nnc(-c4cccs4)n3n2)c1)c1cccnc1Cl. The Morgan fingerprint density at radius 1 is 1.03 bits per heavy atom. The van der Waals surface area contributed by atoms with Gasteiger partial charge in [-0.15, -0.1) is 21.5 Å². The van der Waals surface area contributed by atoms with Crippen LogP contribution in [0.5, 0.6) is 0 Å². The van der Waals surface area contributed by atoms with Gasteiger partial charge in [-0.2, -0.15) is 9.61 Å². The van der Waals surface area contributed by atoms with Crippen molar-refractivity contribution in [1.29, 1.82) is 0 Å². The molecule has 9 heteroatoms. The van der Waals surface area contributed by atoms with Gasteiger partial charge in [0.25, 0.3) is 5.91 Å². The number of amides is 1. The van der Waals surface area contributed by atoms with E-state index in [4.69, 9.17) is 16.7 Å². The van der Waals surface area contributed by atoms with Crippen LogP contribution in [-0.4, -0.2) is 30.7 Å². The predicted octanol–water partition coefficient (Wildman–Crippen LogP) is 4.82. The van der Waals surface area contributed by atoms with Crippen LogP contribution in [0.2, 0.25) is 5.15 Å². The molecule has 0 spiro atoms. The molecule has 0 fully saturated rings. The van der Waals surface area contributed by atoms with Gasteiger partial charge in [0.05, 0.1) is 16.1 Å². The fourth-order valence-electron chi connectivity index (χ4n) is 3.01. The first-order valence-electron chi connectivity index (χ1n) is 8.98. The van der Waals surface area contributed by atoms with Gasteiger partial charge in [0.2, 0.25) is 0 Å². The van der Waals surface area contributed by atoms with Gasteiger partial charge >= 0.3 is 0 Å². The molecule has 0 aliphatic heterocycles. The summed E-state index contributed by atoms with van der Waals surface area (Å²) in [6, 6.07) is 18.4. The van der Waals surface area contributed by atoms with Gasteiger partial charge in [0.1, 0.15) is 5.15 Å². The summed E-state index contributed by atoms with van der Waals surface area (Å²) in [6.07, 6.45) is 1.54. The van der Waals surface area contributed by atoms with Crippen molar-refractivity contribution in [1.82, 2.24) is 24.8 Å². The number of rotatable bonds is 4. The topological polar surface area (TPSA) is 85.1 Å². The number of pyridine rings is 1. The highest BCUT2D eigenvalue weighted by atomic mass is 35.5. The Hall–Kier alpha value is -3.62. The number of nitrogens with one attached hydrogen (secondary N) is 1. The summed E-state index contributed by atoms with van der Waals surface area (Å²) in [5, 5.41) is 18.2. The Morgan fingerprint density at radius 3 is 2.80 bits per heavy atom. The average molecular weight is 433 g/mol. The molecule has 4 aromatic heterocycles. The van der Waals surface area contributed by atoms with Crippen LogP contribution in [0.4, 0.5) is 5.69 Å². The van der Waals surface area contributed by atoms with Crippen LogP contribution in [0.25, 0.3) is 27.6 Å². The van der Waals surface area contributed by atoms with Crippen molar-refractivity contribution < 1.29 is 4.79 Å². The van der Waals surface area contributed by atoms with Crippen molar-refractivity contribution in [3.05, 3.63) is 83.0 Å². The molecule has 0 radical (unpaired) electrons. The van der Waals surface area contributed by atoms with Gasteiger partial charge in [0.15, 0.2) is 11.5 Å². The summed E-state index contributed by atoms with van der Waals surface area (Å²) in [5.74, 6) is 0.366. The molecular formula is C21H13ClN6OS. The molecule has 5 aromatic rings. The lowest BCUT2D eigenvalue weighted by Gasteiger charge is -2.08. The van der Waals surface area contributed by atoms with Gasteiger partial charge in [-0.1, -0.05) is 29.8 Å². The van der Waals surface area contributed by atoms with Crippen LogP contribution < -0.4 is 5.32 Å². The molecule has 0 unspecified atom stereocenters. The number of anilines is 1. The number of hydrogen-bond donors (Lipinski definition) is 1. The molecule has 5 rings (SSSR count). The van der Waals surface area contributed by atoms with Gasteiger partial charge in [-0.05, 0) is 47.8 Å². The lowest BCUT2D eigenvalue weighted by atomic mass is 10.1. The molecule has 1 aromatic carbocycles. The maximum atomic E-state index is 12.5. The molecule has 0 bridgehead atoms. The number of fused-ring (bicyclic) bond motifs is 1. The fraction of sp³-hybridized carbons (Fsp3) is 0. The van der Waals surface area contributed by atoms with Crippen molar-refractivity contribution >= 4 is 40.2 Å². The lowest BCUT2D eigenvalue weighted by Crippen LogP contribution is -2.12. The Morgan fingerprint density at radius 2 is 1.97 bits per heavy atom. The average Bonchev–Trinajstić information content (AvgIpc) is 3.43. The molecule has 1 N–H and O–H groups in total. The highest BCUT2D eigenvalue weighted by Crippen LogP contribution is 2.26. The molecule has 0 saturated carbocycles. The smallest absolute Gasteiger partial charge is 0.258 e. The van der Waals surface area contributed by atoms with Gasteiger partial charge in [0, 0.05) is 17.4 Å². The third-order valence-electron chi connectivity index (χ3n) is 4.42. The molecular weight excluding hydrogens is 420 g/mol. The number of nitrogens with zero attached hydrogens (tertiary/aromatic N) is 5. The Labute approximate surface area is 180 Å². The molecule has 1 amide bonds. The van der Waals surface area contributed by atoms with Crippen molar-refractivity contribution in [2.24, 2.45) is 0 Å². The number of carbonyl (C=O) groups is 1. The number of thiophene rings is 1. The Kier molecular flexibility index (Phi) is 4.70. The van der Waals surface area contributed by atoms with E-state index in [0.717, 1.165) is 16.1 Å². The third kappa shape index (κ3) is 3.42. The molecule has 0 saturated heterocycles. The largest absolute Gasteiger partial charge is 0.322 e. The number of benzene rings is 1. The number of halogens is 1. The maximum absolute atomic E-state index is 12.5. The van der Waals surface area contributed by atoms with Crippen LogP contribution in [-0.2, 0) is 0 Å². The van der Waals surface area contributed by atoms with E-state index < -0.39 is 0 Å².